The van der Waals surface area contributed by atoms with Crippen molar-refractivity contribution in [3.05, 3.63) is 72.8 Å². The molecule has 2 aromatic carbocycles. The van der Waals surface area contributed by atoms with Gasteiger partial charge in [0.15, 0.2) is 11.5 Å². The maximum absolute atomic E-state index is 10.6. The van der Waals surface area contributed by atoms with Crippen LogP contribution in [0.3, 0.4) is 0 Å². The lowest BCUT2D eigenvalue weighted by Crippen LogP contribution is -2.34. The van der Waals surface area contributed by atoms with Crippen LogP contribution in [0.5, 0.6) is 17.4 Å². The minimum atomic E-state index is -0.467. The first-order chi connectivity index (χ1) is 16.6. The zero-order valence-corrected chi connectivity index (χ0v) is 20.3. The Hall–Kier alpha value is -3.13. The molecule has 0 spiro atoms. The molecule has 7 nitrogen and oxygen atoms in total. The second-order valence-corrected chi connectivity index (χ2v) is 8.12. The largest absolute Gasteiger partial charge is 0.493 e. The maximum Gasteiger partial charge on any atom is 0.222 e. The van der Waals surface area contributed by atoms with Crippen molar-refractivity contribution in [2.45, 2.75) is 25.5 Å². The number of methoxy groups -OCH3 is 2. The van der Waals surface area contributed by atoms with Gasteiger partial charge in [-0.15, -0.1) is 6.58 Å². The van der Waals surface area contributed by atoms with Crippen molar-refractivity contribution in [3.63, 3.8) is 0 Å². The molecule has 0 amide bonds. The fourth-order valence-corrected chi connectivity index (χ4v) is 3.84. The number of hydrogen-bond acceptors (Lipinski definition) is 6. The molecular weight excluding hydrogens is 430 g/mol. The van der Waals surface area contributed by atoms with Crippen molar-refractivity contribution in [2.75, 3.05) is 33.9 Å². The molecule has 3 rings (SSSR count). The van der Waals surface area contributed by atoms with E-state index in [1.807, 2.05) is 67.7 Å². The minimum absolute atomic E-state index is 0.467. The average molecular weight is 466 g/mol. The number of allylic oxidation sites excluding steroid dienone is 1. The van der Waals surface area contributed by atoms with E-state index in [0.717, 1.165) is 23.2 Å². The molecule has 0 aliphatic heterocycles. The van der Waals surface area contributed by atoms with Gasteiger partial charge in [-0.25, -0.2) is 4.68 Å². The highest BCUT2D eigenvalue weighted by atomic mass is 16.5. The summed E-state index contributed by atoms with van der Waals surface area (Å²) >= 11 is 0. The third-order valence-electron chi connectivity index (χ3n) is 5.58. The third kappa shape index (κ3) is 6.70. The van der Waals surface area contributed by atoms with E-state index in [4.69, 9.17) is 19.3 Å². The summed E-state index contributed by atoms with van der Waals surface area (Å²) in [7, 11) is 5.18. The number of ether oxygens (including phenoxy) is 3. The van der Waals surface area contributed by atoms with Gasteiger partial charge in [0.05, 0.1) is 25.4 Å². The fourth-order valence-electron chi connectivity index (χ4n) is 3.84. The van der Waals surface area contributed by atoms with Crippen LogP contribution in [0.2, 0.25) is 0 Å². The highest BCUT2D eigenvalue weighted by molar-refractivity contribution is 5.66. The van der Waals surface area contributed by atoms with E-state index in [0.29, 0.717) is 50.0 Å². The number of nitrogens with zero attached hydrogens (tertiary/aromatic N) is 3. The fraction of sp³-hybridized carbons (Fsp3) is 0.370. The lowest BCUT2D eigenvalue weighted by atomic mass is 10.1. The summed E-state index contributed by atoms with van der Waals surface area (Å²) in [5.41, 5.74) is 2.78. The summed E-state index contributed by atoms with van der Waals surface area (Å²) in [6.07, 6.45) is 2.79. The standard InChI is InChI=1S/C27H35N3O4/c1-5-6-14-22(31)19-30(17-18-32-3)20-23-26(21-12-8-7-9-13-21)28-29(2)27(23)34-25-16-11-10-15-24(25)33-4/h5,7-13,15-16,22,31H,1,6,14,17-20H2,2-4H3. The van der Waals surface area contributed by atoms with E-state index >= 15 is 0 Å². The molecule has 1 unspecified atom stereocenters. The zero-order valence-electron chi connectivity index (χ0n) is 20.3. The van der Waals surface area contributed by atoms with Gasteiger partial charge in [0.25, 0.3) is 0 Å². The Labute approximate surface area is 202 Å². The first-order valence-corrected chi connectivity index (χ1v) is 11.5. The smallest absolute Gasteiger partial charge is 0.222 e. The Bertz CT molecular complexity index is 1040. The molecule has 0 bridgehead atoms. The third-order valence-corrected chi connectivity index (χ3v) is 5.58. The van der Waals surface area contributed by atoms with E-state index in [1.54, 1.807) is 18.9 Å². The molecule has 1 N–H and O–H groups in total. The van der Waals surface area contributed by atoms with Crippen LogP contribution in [0.25, 0.3) is 11.3 Å². The molecule has 3 aromatic rings. The quantitative estimate of drug-likeness (QED) is 0.349. The van der Waals surface area contributed by atoms with E-state index in [9.17, 15) is 5.11 Å². The van der Waals surface area contributed by atoms with Crippen LogP contribution in [0, 0.1) is 0 Å². The molecule has 0 aliphatic rings. The lowest BCUT2D eigenvalue weighted by molar-refractivity contribution is 0.0806. The Kier molecular flexibility index (Phi) is 9.70. The summed E-state index contributed by atoms with van der Waals surface area (Å²) in [4.78, 5) is 2.18. The van der Waals surface area contributed by atoms with Crippen LogP contribution in [-0.2, 0) is 18.3 Å². The molecule has 1 heterocycles. The van der Waals surface area contributed by atoms with Crippen LogP contribution in [-0.4, -0.2) is 59.8 Å². The molecule has 34 heavy (non-hydrogen) atoms. The summed E-state index contributed by atoms with van der Waals surface area (Å²) in [5, 5.41) is 15.4. The topological polar surface area (TPSA) is 69.0 Å². The molecule has 1 aromatic heterocycles. The van der Waals surface area contributed by atoms with Crippen LogP contribution in [0.1, 0.15) is 18.4 Å². The maximum atomic E-state index is 10.6. The van der Waals surface area contributed by atoms with Crippen molar-refractivity contribution < 1.29 is 19.3 Å². The van der Waals surface area contributed by atoms with Gasteiger partial charge in [-0.2, -0.15) is 5.10 Å². The van der Waals surface area contributed by atoms with Crippen molar-refractivity contribution in [1.29, 1.82) is 0 Å². The highest BCUT2D eigenvalue weighted by Crippen LogP contribution is 2.37. The van der Waals surface area contributed by atoms with Gasteiger partial charge in [-0.1, -0.05) is 48.5 Å². The first-order valence-electron chi connectivity index (χ1n) is 11.5. The van der Waals surface area contributed by atoms with Gasteiger partial charge in [-0.3, -0.25) is 4.90 Å². The number of rotatable bonds is 14. The molecule has 1 atom stereocenters. The highest BCUT2D eigenvalue weighted by Gasteiger charge is 2.24. The van der Waals surface area contributed by atoms with Crippen molar-refractivity contribution in [3.8, 4) is 28.6 Å². The Morgan fingerprint density at radius 3 is 2.47 bits per heavy atom. The number of benzene rings is 2. The van der Waals surface area contributed by atoms with Crippen LogP contribution in [0.4, 0.5) is 0 Å². The molecule has 0 saturated carbocycles. The number of aliphatic hydroxyl groups excluding tert-OH is 1. The van der Waals surface area contributed by atoms with E-state index in [1.165, 1.54) is 0 Å². The van der Waals surface area contributed by atoms with Gasteiger partial charge in [0.1, 0.15) is 5.69 Å². The molecule has 0 aliphatic carbocycles. The Balaban J connectivity index is 1.99. The molecule has 0 fully saturated rings. The number of hydrogen-bond donors (Lipinski definition) is 1. The number of para-hydroxylation sites is 2. The second kappa shape index (κ2) is 12.9. The number of aryl methyl sites for hydroxylation is 1. The molecular formula is C27H35N3O4. The van der Waals surface area contributed by atoms with E-state index in [-0.39, 0.29) is 0 Å². The van der Waals surface area contributed by atoms with Crippen molar-refractivity contribution in [1.82, 2.24) is 14.7 Å². The molecule has 0 radical (unpaired) electrons. The van der Waals surface area contributed by atoms with Crippen molar-refractivity contribution in [2.24, 2.45) is 7.05 Å². The molecule has 182 valence electrons. The van der Waals surface area contributed by atoms with E-state index in [2.05, 4.69) is 11.5 Å². The van der Waals surface area contributed by atoms with Gasteiger partial charge in [0.2, 0.25) is 5.88 Å². The van der Waals surface area contributed by atoms with Gasteiger partial charge >= 0.3 is 0 Å². The molecule has 7 heteroatoms. The average Bonchev–Trinajstić information content (AvgIpc) is 3.16. The Morgan fingerprint density at radius 2 is 1.79 bits per heavy atom. The second-order valence-electron chi connectivity index (χ2n) is 8.12. The van der Waals surface area contributed by atoms with E-state index < -0.39 is 6.10 Å². The minimum Gasteiger partial charge on any atom is -0.493 e. The van der Waals surface area contributed by atoms with Crippen LogP contribution < -0.4 is 9.47 Å². The number of aromatic nitrogens is 2. The Morgan fingerprint density at radius 1 is 1.09 bits per heavy atom. The number of aliphatic hydroxyl groups is 1. The lowest BCUT2D eigenvalue weighted by Gasteiger charge is -2.25. The summed E-state index contributed by atoms with van der Waals surface area (Å²) in [6, 6.07) is 17.6. The first kappa shape index (κ1) is 25.5. The van der Waals surface area contributed by atoms with Crippen molar-refractivity contribution >= 4 is 0 Å². The molecule has 0 saturated heterocycles. The predicted molar refractivity (Wildman–Crippen MR) is 134 cm³/mol. The summed E-state index contributed by atoms with van der Waals surface area (Å²) in [6.45, 7) is 6.03. The van der Waals surface area contributed by atoms with Gasteiger partial charge in [-0.05, 0) is 25.0 Å². The van der Waals surface area contributed by atoms with Crippen LogP contribution in [0.15, 0.2) is 67.3 Å². The monoisotopic (exact) mass is 465 g/mol. The normalized spacial score (nSPS) is 12.0. The summed E-state index contributed by atoms with van der Waals surface area (Å²) < 4.78 is 19.0. The summed E-state index contributed by atoms with van der Waals surface area (Å²) in [5.74, 6) is 1.89. The van der Waals surface area contributed by atoms with Gasteiger partial charge < -0.3 is 19.3 Å². The van der Waals surface area contributed by atoms with Gasteiger partial charge in [0, 0.05) is 39.4 Å². The predicted octanol–water partition coefficient (Wildman–Crippen LogP) is 4.66. The SMILES string of the molecule is C=CCCC(O)CN(CCOC)Cc1c(-c2ccccc2)nn(C)c1Oc1ccccc1OC. The zero-order chi connectivity index (χ0) is 24.3. The van der Waals surface area contributed by atoms with Crippen LogP contribution >= 0.6 is 0 Å².